The van der Waals surface area contributed by atoms with Crippen LogP contribution in [0.1, 0.15) is 32.3 Å². The number of sulfonamides is 1. The van der Waals surface area contributed by atoms with Gasteiger partial charge in [-0.05, 0) is 57.0 Å². The van der Waals surface area contributed by atoms with Gasteiger partial charge in [0.25, 0.3) is 0 Å². The van der Waals surface area contributed by atoms with Gasteiger partial charge in [-0.25, -0.2) is 8.42 Å². The lowest BCUT2D eigenvalue weighted by Gasteiger charge is -2.21. The summed E-state index contributed by atoms with van der Waals surface area (Å²) in [6.07, 6.45) is 3.36. The summed E-state index contributed by atoms with van der Waals surface area (Å²) in [7, 11) is -3.47. The second kappa shape index (κ2) is 8.75. The molecule has 0 radical (unpaired) electrons. The van der Waals surface area contributed by atoms with Crippen LogP contribution in [0.15, 0.2) is 52.4 Å². The van der Waals surface area contributed by atoms with E-state index in [1.807, 2.05) is 12.1 Å². The van der Waals surface area contributed by atoms with Crippen molar-refractivity contribution >= 4 is 27.6 Å². The molecule has 2 aromatic carbocycles. The molecule has 6 nitrogen and oxygen atoms in total. The lowest BCUT2D eigenvalue weighted by Crippen LogP contribution is -2.27. The van der Waals surface area contributed by atoms with Gasteiger partial charge in [-0.1, -0.05) is 6.07 Å². The Morgan fingerprint density at radius 3 is 2.46 bits per heavy atom. The third-order valence-electron chi connectivity index (χ3n) is 5.02. The standard InChI is InChI=1S/C21H27N3O3S/c1-3-23(4-2)19-11-10-17(21(25)15-19)16-22-18-8-7-9-20(14-18)28(26,27)24-12-5-6-13-24/h7-11,14-16,25H,3-6,12-13H2,1-2H3. The van der Waals surface area contributed by atoms with Gasteiger partial charge in [0.15, 0.2) is 0 Å². The first kappa shape index (κ1) is 20.4. The van der Waals surface area contributed by atoms with Crippen LogP contribution in [0.2, 0.25) is 0 Å². The van der Waals surface area contributed by atoms with Crippen LogP contribution in [0.5, 0.6) is 5.75 Å². The van der Waals surface area contributed by atoms with E-state index < -0.39 is 10.0 Å². The Labute approximate surface area is 167 Å². The number of aromatic hydroxyl groups is 1. The molecule has 0 aromatic heterocycles. The quantitative estimate of drug-likeness (QED) is 0.717. The molecule has 0 saturated carbocycles. The van der Waals surface area contributed by atoms with Crippen LogP contribution < -0.4 is 4.90 Å². The Morgan fingerprint density at radius 1 is 1.11 bits per heavy atom. The lowest BCUT2D eigenvalue weighted by molar-refractivity contribution is 0.474. The van der Waals surface area contributed by atoms with E-state index in [1.165, 1.54) is 4.31 Å². The molecule has 0 amide bonds. The number of phenols is 1. The summed E-state index contributed by atoms with van der Waals surface area (Å²) in [6, 6.07) is 12.1. The zero-order valence-corrected chi connectivity index (χ0v) is 17.2. The van der Waals surface area contributed by atoms with E-state index in [2.05, 4.69) is 23.7 Å². The molecule has 1 aliphatic heterocycles. The first-order chi connectivity index (χ1) is 13.5. The summed E-state index contributed by atoms with van der Waals surface area (Å²) in [5.74, 6) is 0.147. The van der Waals surface area contributed by atoms with E-state index >= 15 is 0 Å². The monoisotopic (exact) mass is 401 g/mol. The zero-order valence-electron chi connectivity index (χ0n) is 16.4. The van der Waals surface area contributed by atoms with E-state index in [-0.39, 0.29) is 10.6 Å². The Kier molecular flexibility index (Phi) is 6.36. The minimum atomic E-state index is -3.47. The largest absolute Gasteiger partial charge is 0.507 e. The third kappa shape index (κ3) is 4.36. The highest BCUT2D eigenvalue weighted by Gasteiger charge is 2.27. The molecule has 1 N–H and O–H groups in total. The normalized spacial score (nSPS) is 15.4. The van der Waals surface area contributed by atoms with Crippen LogP contribution >= 0.6 is 0 Å². The molecule has 0 atom stereocenters. The van der Waals surface area contributed by atoms with Gasteiger partial charge in [0, 0.05) is 49.7 Å². The molecule has 1 heterocycles. The highest BCUT2D eigenvalue weighted by atomic mass is 32.2. The maximum atomic E-state index is 12.7. The van der Waals surface area contributed by atoms with Gasteiger partial charge in [-0.15, -0.1) is 0 Å². The molecule has 1 aliphatic rings. The van der Waals surface area contributed by atoms with Crippen molar-refractivity contribution in [1.82, 2.24) is 4.31 Å². The van der Waals surface area contributed by atoms with Crippen molar-refractivity contribution < 1.29 is 13.5 Å². The molecular formula is C21H27N3O3S. The number of anilines is 1. The molecule has 1 fully saturated rings. The molecule has 0 bridgehead atoms. The highest BCUT2D eigenvalue weighted by molar-refractivity contribution is 7.89. The number of hydrogen-bond donors (Lipinski definition) is 1. The van der Waals surface area contributed by atoms with Gasteiger partial charge in [0.05, 0.1) is 10.6 Å². The lowest BCUT2D eigenvalue weighted by atomic mass is 10.2. The summed E-state index contributed by atoms with van der Waals surface area (Å²) >= 11 is 0. The number of hydrogen-bond acceptors (Lipinski definition) is 5. The zero-order chi connectivity index (χ0) is 20.1. The predicted molar refractivity (Wildman–Crippen MR) is 113 cm³/mol. The van der Waals surface area contributed by atoms with Gasteiger partial charge in [0.1, 0.15) is 5.75 Å². The molecule has 0 aliphatic carbocycles. The van der Waals surface area contributed by atoms with Crippen molar-refractivity contribution in [3.63, 3.8) is 0 Å². The topological polar surface area (TPSA) is 73.2 Å². The average Bonchev–Trinajstić information content (AvgIpc) is 3.24. The maximum Gasteiger partial charge on any atom is 0.243 e. The van der Waals surface area contributed by atoms with Crippen LogP contribution in [0, 0.1) is 0 Å². The molecule has 28 heavy (non-hydrogen) atoms. The molecule has 3 rings (SSSR count). The second-order valence-electron chi connectivity index (χ2n) is 6.78. The van der Waals surface area contributed by atoms with Gasteiger partial charge < -0.3 is 10.0 Å². The summed E-state index contributed by atoms with van der Waals surface area (Å²) in [6.45, 7) is 7.01. The van der Waals surface area contributed by atoms with Crippen LogP contribution in [0.4, 0.5) is 11.4 Å². The van der Waals surface area contributed by atoms with E-state index in [9.17, 15) is 13.5 Å². The third-order valence-corrected chi connectivity index (χ3v) is 6.91. The Hall–Kier alpha value is -2.38. The van der Waals surface area contributed by atoms with Gasteiger partial charge in [-0.3, -0.25) is 4.99 Å². The number of nitrogens with zero attached hydrogens (tertiary/aromatic N) is 3. The van der Waals surface area contributed by atoms with Crippen molar-refractivity contribution in [2.45, 2.75) is 31.6 Å². The number of phenolic OH excluding ortho intramolecular Hbond substituents is 1. The van der Waals surface area contributed by atoms with E-state index in [4.69, 9.17) is 0 Å². The van der Waals surface area contributed by atoms with Crippen molar-refractivity contribution in [3.8, 4) is 5.75 Å². The molecule has 7 heteroatoms. The fourth-order valence-electron chi connectivity index (χ4n) is 3.37. The summed E-state index contributed by atoms with van der Waals surface area (Å²) in [5, 5.41) is 10.3. The van der Waals surface area contributed by atoms with Crippen molar-refractivity contribution in [2.24, 2.45) is 4.99 Å². The summed E-state index contributed by atoms with van der Waals surface area (Å²) in [4.78, 5) is 6.77. The predicted octanol–water partition coefficient (Wildman–Crippen LogP) is 3.77. The van der Waals surface area contributed by atoms with Crippen molar-refractivity contribution in [3.05, 3.63) is 48.0 Å². The maximum absolute atomic E-state index is 12.7. The van der Waals surface area contributed by atoms with Crippen LogP contribution in [0.3, 0.4) is 0 Å². The first-order valence-corrected chi connectivity index (χ1v) is 11.1. The van der Waals surface area contributed by atoms with Crippen LogP contribution in [-0.2, 0) is 10.0 Å². The number of rotatable bonds is 7. The van der Waals surface area contributed by atoms with Gasteiger partial charge >= 0.3 is 0 Å². The molecular weight excluding hydrogens is 374 g/mol. The Balaban J connectivity index is 1.81. The first-order valence-electron chi connectivity index (χ1n) is 9.68. The number of benzene rings is 2. The van der Waals surface area contributed by atoms with E-state index in [0.29, 0.717) is 24.3 Å². The van der Waals surface area contributed by atoms with Crippen LogP contribution in [-0.4, -0.2) is 50.2 Å². The average molecular weight is 402 g/mol. The smallest absolute Gasteiger partial charge is 0.243 e. The van der Waals surface area contributed by atoms with Crippen molar-refractivity contribution in [1.29, 1.82) is 0 Å². The van der Waals surface area contributed by atoms with E-state index in [1.54, 1.807) is 36.5 Å². The second-order valence-corrected chi connectivity index (χ2v) is 8.72. The molecule has 150 valence electrons. The summed E-state index contributed by atoms with van der Waals surface area (Å²) < 4.78 is 26.9. The SMILES string of the molecule is CCN(CC)c1ccc(C=Nc2cccc(S(=O)(=O)N3CCCC3)c2)c(O)c1. The molecule has 0 spiro atoms. The minimum Gasteiger partial charge on any atom is -0.507 e. The Morgan fingerprint density at radius 2 is 1.82 bits per heavy atom. The molecule has 2 aromatic rings. The van der Waals surface area contributed by atoms with Gasteiger partial charge in [0.2, 0.25) is 10.0 Å². The molecule has 0 unspecified atom stereocenters. The fraction of sp³-hybridized carbons (Fsp3) is 0.381. The Bertz CT molecular complexity index is 947. The van der Waals surface area contributed by atoms with Gasteiger partial charge in [-0.2, -0.15) is 4.31 Å². The minimum absolute atomic E-state index is 0.147. The van der Waals surface area contributed by atoms with Crippen LogP contribution in [0.25, 0.3) is 0 Å². The number of aliphatic imine (C=N–C) groups is 1. The fourth-order valence-corrected chi connectivity index (χ4v) is 4.93. The van der Waals surface area contributed by atoms with Crippen molar-refractivity contribution in [2.75, 3.05) is 31.1 Å². The summed E-state index contributed by atoms with van der Waals surface area (Å²) in [5.41, 5.74) is 2.08. The highest BCUT2D eigenvalue weighted by Crippen LogP contribution is 2.26. The van der Waals surface area contributed by atoms with E-state index in [0.717, 1.165) is 31.6 Å². The molecule has 1 saturated heterocycles.